The summed E-state index contributed by atoms with van der Waals surface area (Å²) in [6, 6.07) is 5.45. The Labute approximate surface area is 186 Å². The summed E-state index contributed by atoms with van der Waals surface area (Å²) < 4.78 is 7.43. The number of pyridine rings is 1. The number of halogens is 1. The SMILES string of the molecule is C[C@@H]1C[C@@H](OC(N)=O)C(C(C)(C)C)N(c2ccnc(-c3cnc4ccc(Cl)cn34)n2)C1. The van der Waals surface area contributed by atoms with E-state index in [0.717, 1.165) is 30.1 Å². The minimum atomic E-state index is -0.751. The predicted molar refractivity (Wildman–Crippen MR) is 120 cm³/mol. The van der Waals surface area contributed by atoms with Crippen molar-refractivity contribution in [3.63, 3.8) is 0 Å². The zero-order chi connectivity index (χ0) is 22.3. The second-order valence-electron chi connectivity index (χ2n) is 9.24. The van der Waals surface area contributed by atoms with E-state index in [1.54, 1.807) is 24.7 Å². The molecule has 1 fully saturated rings. The van der Waals surface area contributed by atoms with Crippen LogP contribution in [0.4, 0.5) is 10.6 Å². The van der Waals surface area contributed by atoms with Gasteiger partial charge in [-0.2, -0.15) is 0 Å². The first-order chi connectivity index (χ1) is 14.6. The number of carbonyl (C=O) groups is 1. The second kappa shape index (κ2) is 8.00. The van der Waals surface area contributed by atoms with E-state index >= 15 is 0 Å². The number of nitrogens with two attached hydrogens (primary N) is 1. The van der Waals surface area contributed by atoms with Crippen LogP contribution < -0.4 is 10.6 Å². The number of hydrogen-bond donors (Lipinski definition) is 1. The molecule has 0 aliphatic carbocycles. The normalized spacial score (nSPS) is 22.0. The molecule has 1 unspecified atom stereocenters. The van der Waals surface area contributed by atoms with E-state index in [0.29, 0.717) is 16.8 Å². The Balaban J connectivity index is 1.77. The van der Waals surface area contributed by atoms with Crippen LogP contribution >= 0.6 is 11.6 Å². The van der Waals surface area contributed by atoms with E-state index in [1.165, 1.54) is 0 Å². The van der Waals surface area contributed by atoms with Crippen molar-refractivity contribution in [3.8, 4) is 11.5 Å². The summed E-state index contributed by atoms with van der Waals surface area (Å²) in [6.07, 6.45) is 4.96. The van der Waals surface area contributed by atoms with E-state index < -0.39 is 6.09 Å². The number of imidazole rings is 1. The van der Waals surface area contributed by atoms with Gasteiger partial charge in [0.05, 0.1) is 17.3 Å². The average molecular weight is 443 g/mol. The highest BCUT2D eigenvalue weighted by atomic mass is 35.5. The number of amides is 1. The van der Waals surface area contributed by atoms with Gasteiger partial charge in [-0.3, -0.25) is 4.40 Å². The zero-order valence-electron chi connectivity index (χ0n) is 18.1. The number of primary amides is 1. The maximum absolute atomic E-state index is 11.6. The summed E-state index contributed by atoms with van der Waals surface area (Å²) in [7, 11) is 0. The molecule has 1 aliphatic heterocycles. The van der Waals surface area contributed by atoms with E-state index in [1.807, 2.05) is 16.5 Å². The van der Waals surface area contributed by atoms with Gasteiger partial charge in [0.2, 0.25) is 0 Å². The molecule has 2 N–H and O–H groups in total. The van der Waals surface area contributed by atoms with Gasteiger partial charge in [-0.25, -0.2) is 19.7 Å². The third-order valence-corrected chi connectivity index (χ3v) is 5.84. The smallest absolute Gasteiger partial charge is 0.404 e. The summed E-state index contributed by atoms with van der Waals surface area (Å²) in [4.78, 5) is 27.6. The van der Waals surface area contributed by atoms with E-state index in [-0.39, 0.29) is 17.6 Å². The maximum Gasteiger partial charge on any atom is 0.404 e. The summed E-state index contributed by atoms with van der Waals surface area (Å²) in [6.45, 7) is 9.32. The Kier molecular flexibility index (Phi) is 5.51. The molecule has 4 rings (SSSR count). The van der Waals surface area contributed by atoms with E-state index in [4.69, 9.17) is 27.1 Å². The molecular formula is C22H27ClN6O2. The Morgan fingerprint density at radius 2 is 2.03 bits per heavy atom. The molecule has 0 bridgehead atoms. The number of nitrogens with zero attached hydrogens (tertiary/aromatic N) is 5. The van der Waals surface area contributed by atoms with Crippen LogP contribution in [0, 0.1) is 11.3 Å². The van der Waals surface area contributed by atoms with Gasteiger partial charge >= 0.3 is 6.09 Å². The van der Waals surface area contributed by atoms with Gasteiger partial charge in [0.25, 0.3) is 0 Å². The highest BCUT2D eigenvalue weighted by Crippen LogP contribution is 2.38. The lowest BCUT2D eigenvalue weighted by atomic mass is 9.76. The van der Waals surface area contributed by atoms with Crippen LogP contribution in [0.2, 0.25) is 5.02 Å². The van der Waals surface area contributed by atoms with Crippen LogP contribution in [0.3, 0.4) is 0 Å². The Hall–Kier alpha value is -2.87. The standard InChI is InChI=1S/C22H27ClN6O2/c1-13-9-16(31-21(24)30)19(22(2,3)4)29(11-13)18-7-8-25-20(27-18)15-10-26-17-6-5-14(23)12-28(15)17/h5-8,10,12-13,16,19H,9,11H2,1-4H3,(H2,24,30)/t13-,16-,19?/m1/s1. The topological polar surface area (TPSA) is 98.6 Å². The molecular weight excluding hydrogens is 416 g/mol. The lowest BCUT2D eigenvalue weighted by Crippen LogP contribution is -2.58. The fraction of sp³-hybridized carbons (Fsp3) is 0.455. The Bertz CT molecular complexity index is 1110. The van der Waals surface area contributed by atoms with E-state index in [2.05, 4.69) is 42.6 Å². The number of aromatic nitrogens is 4. The molecule has 1 aliphatic rings. The minimum absolute atomic E-state index is 0.0874. The molecule has 1 amide bonds. The number of fused-ring (bicyclic) bond motifs is 1. The first kappa shape index (κ1) is 21.4. The molecule has 8 nitrogen and oxygen atoms in total. The van der Waals surface area contributed by atoms with Crippen LogP contribution in [0.5, 0.6) is 0 Å². The van der Waals surface area contributed by atoms with Gasteiger partial charge in [-0.1, -0.05) is 39.3 Å². The fourth-order valence-electron chi connectivity index (χ4n) is 4.53. The quantitative estimate of drug-likeness (QED) is 0.653. The predicted octanol–water partition coefficient (Wildman–Crippen LogP) is 4.17. The monoisotopic (exact) mass is 442 g/mol. The average Bonchev–Trinajstić information content (AvgIpc) is 3.09. The largest absolute Gasteiger partial charge is 0.444 e. The summed E-state index contributed by atoms with van der Waals surface area (Å²) >= 11 is 6.18. The lowest BCUT2D eigenvalue weighted by molar-refractivity contribution is 0.0276. The van der Waals surface area contributed by atoms with Crippen molar-refractivity contribution in [2.45, 2.75) is 46.3 Å². The fourth-order valence-corrected chi connectivity index (χ4v) is 4.69. The molecule has 3 aromatic heterocycles. The molecule has 0 saturated carbocycles. The first-order valence-corrected chi connectivity index (χ1v) is 10.7. The van der Waals surface area contributed by atoms with Gasteiger partial charge in [0.15, 0.2) is 5.82 Å². The minimum Gasteiger partial charge on any atom is -0.444 e. The van der Waals surface area contributed by atoms with Crippen LogP contribution in [0.25, 0.3) is 17.2 Å². The maximum atomic E-state index is 11.6. The number of anilines is 1. The molecule has 0 spiro atoms. The molecule has 3 atom stereocenters. The number of piperidine rings is 1. The molecule has 1 saturated heterocycles. The second-order valence-corrected chi connectivity index (χ2v) is 9.67. The van der Waals surface area contributed by atoms with Gasteiger partial charge in [0, 0.05) is 18.9 Å². The van der Waals surface area contributed by atoms with E-state index in [9.17, 15) is 4.79 Å². The summed E-state index contributed by atoms with van der Waals surface area (Å²) in [5.74, 6) is 1.62. The Morgan fingerprint density at radius 3 is 2.74 bits per heavy atom. The third-order valence-electron chi connectivity index (χ3n) is 5.62. The van der Waals surface area contributed by atoms with Crippen molar-refractivity contribution < 1.29 is 9.53 Å². The summed E-state index contributed by atoms with van der Waals surface area (Å²) in [5, 5.41) is 0.604. The number of hydrogen-bond acceptors (Lipinski definition) is 6. The van der Waals surface area contributed by atoms with Crippen LogP contribution in [0.15, 0.2) is 36.8 Å². The highest BCUT2D eigenvalue weighted by Gasteiger charge is 2.44. The van der Waals surface area contributed by atoms with Crippen LogP contribution in [-0.4, -0.2) is 44.1 Å². The molecule has 164 valence electrons. The molecule has 3 aromatic rings. The third kappa shape index (κ3) is 4.30. The number of carbonyl (C=O) groups excluding carboxylic acids is 1. The number of ether oxygens (including phenoxy) is 1. The van der Waals surface area contributed by atoms with Gasteiger partial charge in [0.1, 0.15) is 23.3 Å². The zero-order valence-corrected chi connectivity index (χ0v) is 18.9. The van der Waals surface area contributed by atoms with Crippen molar-refractivity contribution in [1.29, 1.82) is 0 Å². The van der Waals surface area contributed by atoms with Crippen molar-refractivity contribution in [2.75, 3.05) is 11.4 Å². The van der Waals surface area contributed by atoms with Gasteiger partial charge in [-0.15, -0.1) is 0 Å². The van der Waals surface area contributed by atoms with Crippen molar-refractivity contribution in [1.82, 2.24) is 19.4 Å². The van der Waals surface area contributed by atoms with Crippen LogP contribution in [-0.2, 0) is 4.74 Å². The molecule has 4 heterocycles. The van der Waals surface area contributed by atoms with Crippen molar-refractivity contribution >= 4 is 29.2 Å². The highest BCUT2D eigenvalue weighted by molar-refractivity contribution is 6.30. The Morgan fingerprint density at radius 1 is 1.26 bits per heavy atom. The van der Waals surface area contributed by atoms with Crippen LogP contribution in [0.1, 0.15) is 34.1 Å². The number of rotatable bonds is 3. The first-order valence-electron chi connectivity index (χ1n) is 10.3. The molecule has 0 radical (unpaired) electrons. The molecule has 0 aromatic carbocycles. The van der Waals surface area contributed by atoms with Crippen molar-refractivity contribution in [3.05, 3.63) is 41.8 Å². The van der Waals surface area contributed by atoms with Crippen molar-refractivity contribution in [2.24, 2.45) is 17.1 Å². The molecule has 31 heavy (non-hydrogen) atoms. The van der Waals surface area contributed by atoms with Gasteiger partial charge < -0.3 is 15.4 Å². The lowest BCUT2D eigenvalue weighted by Gasteiger charge is -2.49. The van der Waals surface area contributed by atoms with Gasteiger partial charge in [-0.05, 0) is 36.0 Å². The summed E-state index contributed by atoms with van der Waals surface area (Å²) in [5.41, 5.74) is 6.73. The molecule has 9 heteroatoms.